The van der Waals surface area contributed by atoms with E-state index in [1.54, 1.807) is 16.7 Å². The minimum absolute atomic E-state index is 0.0936. The van der Waals surface area contributed by atoms with Crippen molar-refractivity contribution >= 4 is 23.2 Å². The zero-order valence-corrected chi connectivity index (χ0v) is 16.6. The Bertz CT molecular complexity index is 883. The zero-order chi connectivity index (χ0) is 21.0. The van der Waals surface area contributed by atoms with Gasteiger partial charge in [0.25, 0.3) is 0 Å². The number of benzene rings is 2. The summed E-state index contributed by atoms with van der Waals surface area (Å²) in [5, 5.41) is 2.28. The molecule has 154 valence electrons. The van der Waals surface area contributed by atoms with E-state index < -0.39 is 29.3 Å². The van der Waals surface area contributed by atoms with Crippen LogP contribution in [0.15, 0.2) is 42.5 Å². The Kier molecular flexibility index (Phi) is 6.59. The Labute approximate surface area is 169 Å². The van der Waals surface area contributed by atoms with Crippen LogP contribution in [0.3, 0.4) is 0 Å². The predicted molar refractivity (Wildman–Crippen MR) is 109 cm³/mol. The molecule has 7 heteroatoms. The topological polar surface area (TPSA) is 52.7 Å². The Balaban J connectivity index is 1.70. The van der Waals surface area contributed by atoms with Gasteiger partial charge in [0.1, 0.15) is 17.3 Å². The molecule has 0 fully saturated rings. The summed E-state index contributed by atoms with van der Waals surface area (Å²) in [5.74, 6) is -2.34. The molecule has 0 spiro atoms. The Morgan fingerprint density at radius 1 is 1.14 bits per heavy atom. The number of anilines is 2. The fraction of sp³-hybridized carbons (Fsp3) is 0.364. The minimum Gasteiger partial charge on any atom is -0.320 e. The van der Waals surface area contributed by atoms with E-state index in [1.165, 1.54) is 6.07 Å². The van der Waals surface area contributed by atoms with Crippen LogP contribution in [0.2, 0.25) is 0 Å². The van der Waals surface area contributed by atoms with Gasteiger partial charge in [0.2, 0.25) is 11.8 Å². The van der Waals surface area contributed by atoms with Crippen LogP contribution in [0, 0.1) is 11.6 Å². The summed E-state index contributed by atoms with van der Waals surface area (Å²) in [6.07, 6.45) is 1.82. The molecular formula is C22H25F2N3O2. The van der Waals surface area contributed by atoms with E-state index in [1.807, 2.05) is 31.2 Å². The molecule has 2 aromatic carbocycles. The number of hydrogen-bond acceptors (Lipinski definition) is 3. The molecule has 29 heavy (non-hydrogen) atoms. The molecule has 0 saturated carbocycles. The molecule has 0 aromatic heterocycles. The van der Waals surface area contributed by atoms with Crippen molar-refractivity contribution in [3.63, 3.8) is 0 Å². The quantitative estimate of drug-likeness (QED) is 0.805. The molecule has 1 atom stereocenters. The first-order chi connectivity index (χ1) is 13.9. The molecule has 1 heterocycles. The van der Waals surface area contributed by atoms with Gasteiger partial charge in [-0.05, 0) is 50.1 Å². The second-order valence-corrected chi connectivity index (χ2v) is 7.11. The number of hydrogen-bond donors (Lipinski definition) is 1. The summed E-state index contributed by atoms with van der Waals surface area (Å²) in [5.41, 5.74) is 1.57. The van der Waals surface area contributed by atoms with Gasteiger partial charge < -0.3 is 10.2 Å². The molecular weight excluding hydrogens is 376 g/mol. The second kappa shape index (κ2) is 9.13. The second-order valence-electron chi connectivity index (χ2n) is 7.11. The number of aryl methyl sites for hydroxylation is 1. The van der Waals surface area contributed by atoms with Crippen molar-refractivity contribution in [2.24, 2.45) is 0 Å². The highest BCUT2D eigenvalue weighted by atomic mass is 19.1. The first kappa shape index (κ1) is 20.9. The zero-order valence-electron chi connectivity index (χ0n) is 16.6. The van der Waals surface area contributed by atoms with Crippen LogP contribution in [0.5, 0.6) is 0 Å². The van der Waals surface area contributed by atoms with Crippen molar-refractivity contribution in [3.8, 4) is 0 Å². The molecule has 0 radical (unpaired) electrons. The van der Waals surface area contributed by atoms with Gasteiger partial charge in [0.15, 0.2) is 0 Å². The summed E-state index contributed by atoms with van der Waals surface area (Å²) in [6, 6.07) is 10.7. The standard InChI is InChI=1S/C22H25F2N3O2/c1-3-26(14-20(28)25-21-17(23)10-6-11-18(21)24)15(2)22(29)27-13-7-9-16-8-4-5-12-19(16)27/h4-6,8,10-12,15H,3,7,9,13-14H2,1-2H3,(H,25,28). The molecule has 0 bridgehead atoms. The van der Waals surface area contributed by atoms with Gasteiger partial charge in [0, 0.05) is 12.2 Å². The van der Waals surface area contributed by atoms with Crippen molar-refractivity contribution in [2.45, 2.75) is 32.7 Å². The van der Waals surface area contributed by atoms with E-state index in [0.29, 0.717) is 13.1 Å². The maximum atomic E-state index is 13.8. The first-order valence-corrected chi connectivity index (χ1v) is 9.79. The number of nitrogens with one attached hydrogen (secondary N) is 1. The third kappa shape index (κ3) is 4.62. The van der Waals surface area contributed by atoms with Crippen molar-refractivity contribution in [1.29, 1.82) is 0 Å². The van der Waals surface area contributed by atoms with Gasteiger partial charge in [-0.2, -0.15) is 0 Å². The maximum absolute atomic E-state index is 13.8. The molecule has 2 amide bonds. The third-order valence-corrected chi connectivity index (χ3v) is 5.26. The summed E-state index contributed by atoms with van der Waals surface area (Å²) >= 11 is 0. The molecule has 0 saturated heterocycles. The molecule has 1 unspecified atom stereocenters. The highest BCUT2D eigenvalue weighted by molar-refractivity contribution is 5.99. The highest BCUT2D eigenvalue weighted by Gasteiger charge is 2.30. The summed E-state index contributed by atoms with van der Waals surface area (Å²) in [7, 11) is 0. The first-order valence-electron chi connectivity index (χ1n) is 9.79. The molecule has 3 rings (SSSR count). The number of nitrogens with zero attached hydrogens (tertiary/aromatic N) is 2. The van der Waals surface area contributed by atoms with Crippen molar-refractivity contribution in [2.75, 3.05) is 29.9 Å². The van der Waals surface area contributed by atoms with Crippen LogP contribution in [-0.2, 0) is 16.0 Å². The van der Waals surface area contributed by atoms with E-state index in [4.69, 9.17) is 0 Å². The fourth-order valence-corrected chi connectivity index (χ4v) is 3.65. The lowest BCUT2D eigenvalue weighted by molar-refractivity contribution is -0.125. The van der Waals surface area contributed by atoms with Crippen molar-refractivity contribution in [3.05, 3.63) is 59.7 Å². The lowest BCUT2D eigenvalue weighted by Crippen LogP contribution is -2.50. The van der Waals surface area contributed by atoms with Crippen LogP contribution >= 0.6 is 0 Å². The molecule has 5 nitrogen and oxygen atoms in total. The summed E-state index contributed by atoms with van der Waals surface area (Å²) in [4.78, 5) is 29.0. The number of fused-ring (bicyclic) bond motifs is 1. The number of halogens is 2. The van der Waals surface area contributed by atoms with Crippen LogP contribution < -0.4 is 10.2 Å². The van der Waals surface area contributed by atoms with Crippen molar-refractivity contribution < 1.29 is 18.4 Å². The number of likely N-dealkylation sites (N-methyl/N-ethyl adjacent to an activating group) is 1. The van der Waals surface area contributed by atoms with Crippen LogP contribution in [0.25, 0.3) is 0 Å². The van der Waals surface area contributed by atoms with Gasteiger partial charge in [-0.25, -0.2) is 8.78 Å². The SMILES string of the molecule is CCN(CC(=O)Nc1c(F)cccc1F)C(C)C(=O)N1CCCc2ccccc21. The van der Waals surface area contributed by atoms with E-state index in [0.717, 1.165) is 36.2 Å². The summed E-state index contributed by atoms with van der Waals surface area (Å²) < 4.78 is 27.5. The number of carbonyl (C=O) groups is 2. The monoisotopic (exact) mass is 401 g/mol. The summed E-state index contributed by atoms with van der Waals surface area (Å²) in [6.45, 7) is 4.51. The minimum atomic E-state index is -0.838. The van der Waals surface area contributed by atoms with Crippen LogP contribution in [0.4, 0.5) is 20.2 Å². The Morgan fingerprint density at radius 3 is 2.52 bits per heavy atom. The van der Waals surface area contributed by atoms with E-state index in [2.05, 4.69) is 5.32 Å². The fourth-order valence-electron chi connectivity index (χ4n) is 3.65. The molecule has 0 aliphatic carbocycles. The van der Waals surface area contributed by atoms with E-state index in [9.17, 15) is 18.4 Å². The van der Waals surface area contributed by atoms with Crippen LogP contribution in [-0.4, -0.2) is 42.4 Å². The van der Waals surface area contributed by atoms with Gasteiger partial charge >= 0.3 is 0 Å². The van der Waals surface area contributed by atoms with Gasteiger partial charge in [-0.15, -0.1) is 0 Å². The molecule has 1 aliphatic heterocycles. The van der Waals surface area contributed by atoms with E-state index in [-0.39, 0.29) is 12.5 Å². The van der Waals surface area contributed by atoms with Gasteiger partial charge in [-0.3, -0.25) is 14.5 Å². The number of amides is 2. The maximum Gasteiger partial charge on any atom is 0.244 e. The molecule has 1 N–H and O–H groups in total. The number of carbonyl (C=O) groups excluding carboxylic acids is 2. The lowest BCUT2D eigenvalue weighted by atomic mass is 10.0. The normalized spacial score (nSPS) is 14.4. The molecule has 2 aromatic rings. The predicted octanol–water partition coefficient (Wildman–Crippen LogP) is 3.59. The van der Waals surface area contributed by atoms with E-state index >= 15 is 0 Å². The van der Waals surface area contributed by atoms with Gasteiger partial charge in [0.05, 0.1) is 12.6 Å². The Morgan fingerprint density at radius 2 is 1.83 bits per heavy atom. The molecule has 1 aliphatic rings. The average molecular weight is 401 g/mol. The van der Waals surface area contributed by atoms with Crippen LogP contribution in [0.1, 0.15) is 25.8 Å². The largest absolute Gasteiger partial charge is 0.320 e. The third-order valence-electron chi connectivity index (χ3n) is 5.26. The average Bonchev–Trinajstić information content (AvgIpc) is 2.73. The smallest absolute Gasteiger partial charge is 0.244 e. The Hall–Kier alpha value is -2.80. The number of rotatable bonds is 6. The van der Waals surface area contributed by atoms with Crippen molar-refractivity contribution in [1.82, 2.24) is 4.90 Å². The van der Waals surface area contributed by atoms with Gasteiger partial charge in [-0.1, -0.05) is 31.2 Å². The number of para-hydroxylation sites is 2. The lowest BCUT2D eigenvalue weighted by Gasteiger charge is -2.35. The highest BCUT2D eigenvalue weighted by Crippen LogP contribution is 2.27.